The third kappa shape index (κ3) is 1.96. The second kappa shape index (κ2) is 4.68. The first-order valence-corrected chi connectivity index (χ1v) is 6.42. The SMILES string of the molecule is CNC(c1coc(C)c1)c1ccc2c(c1)oc(=O)n2C. The van der Waals surface area contributed by atoms with Gasteiger partial charge in [-0.2, -0.15) is 0 Å². The maximum absolute atomic E-state index is 11.5. The average Bonchev–Trinajstić information content (AvgIpc) is 2.96. The fourth-order valence-electron chi connectivity index (χ4n) is 2.47. The molecule has 5 nitrogen and oxygen atoms in total. The molecule has 3 aromatic rings. The van der Waals surface area contributed by atoms with E-state index in [0.717, 1.165) is 22.4 Å². The van der Waals surface area contributed by atoms with Crippen molar-refractivity contribution < 1.29 is 8.83 Å². The molecule has 1 N–H and O–H groups in total. The van der Waals surface area contributed by atoms with E-state index in [1.165, 1.54) is 4.57 Å². The van der Waals surface area contributed by atoms with Gasteiger partial charge in [-0.3, -0.25) is 4.57 Å². The Labute approximate surface area is 115 Å². The van der Waals surface area contributed by atoms with Crippen LogP contribution in [-0.4, -0.2) is 11.6 Å². The molecule has 0 aliphatic rings. The molecular weight excluding hydrogens is 256 g/mol. The largest absolute Gasteiger partial charge is 0.469 e. The van der Waals surface area contributed by atoms with E-state index in [9.17, 15) is 4.79 Å². The van der Waals surface area contributed by atoms with Crippen LogP contribution in [0.4, 0.5) is 0 Å². The molecule has 2 heterocycles. The molecule has 1 aromatic carbocycles. The standard InChI is InChI=1S/C15H16N2O3/c1-9-6-11(8-19-9)14(16-2)10-4-5-12-13(7-10)20-15(18)17(12)3/h4-8,14,16H,1-3H3. The van der Waals surface area contributed by atoms with Gasteiger partial charge >= 0.3 is 5.76 Å². The Kier molecular flexibility index (Phi) is 2.99. The normalized spacial score (nSPS) is 12.9. The first-order chi connectivity index (χ1) is 9.60. The molecule has 5 heteroatoms. The van der Waals surface area contributed by atoms with Gasteiger partial charge in [0.1, 0.15) is 5.76 Å². The molecule has 0 spiro atoms. The van der Waals surface area contributed by atoms with Gasteiger partial charge in [0.2, 0.25) is 0 Å². The highest BCUT2D eigenvalue weighted by Gasteiger charge is 2.16. The molecule has 0 aliphatic carbocycles. The number of aromatic nitrogens is 1. The van der Waals surface area contributed by atoms with Crippen molar-refractivity contribution in [1.29, 1.82) is 0 Å². The molecule has 0 radical (unpaired) electrons. The number of benzene rings is 1. The van der Waals surface area contributed by atoms with E-state index >= 15 is 0 Å². The molecular formula is C15H16N2O3. The van der Waals surface area contributed by atoms with Crippen LogP contribution in [0.25, 0.3) is 11.1 Å². The van der Waals surface area contributed by atoms with Crippen molar-refractivity contribution in [3.05, 3.63) is 58.0 Å². The summed E-state index contributed by atoms with van der Waals surface area (Å²) in [5.74, 6) is 0.518. The predicted octanol–water partition coefficient (Wildman–Crippen LogP) is 2.34. The third-order valence-corrected chi connectivity index (χ3v) is 3.52. The molecule has 0 saturated carbocycles. The quantitative estimate of drug-likeness (QED) is 0.795. The third-order valence-electron chi connectivity index (χ3n) is 3.52. The number of nitrogens with one attached hydrogen (secondary N) is 1. The second-order valence-corrected chi connectivity index (χ2v) is 4.87. The Balaban J connectivity index is 2.10. The maximum atomic E-state index is 11.5. The van der Waals surface area contributed by atoms with E-state index in [0.29, 0.717) is 5.58 Å². The van der Waals surface area contributed by atoms with Crippen molar-refractivity contribution in [1.82, 2.24) is 9.88 Å². The predicted molar refractivity (Wildman–Crippen MR) is 75.8 cm³/mol. The van der Waals surface area contributed by atoms with Gasteiger partial charge in [0.25, 0.3) is 0 Å². The van der Waals surface area contributed by atoms with Crippen molar-refractivity contribution in [2.45, 2.75) is 13.0 Å². The topological polar surface area (TPSA) is 60.3 Å². The van der Waals surface area contributed by atoms with Crippen molar-refractivity contribution in [2.75, 3.05) is 7.05 Å². The fraction of sp³-hybridized carbons (Fsp3) is 0.267. The molecule has 20 heavy (non-hydrogen) atoms. The van der Waals surface area contributed by atoms with Crippen LogP contribution in [0, 0.1) is 6.92 Å². The Morgan fingerprint density at radius 2 is 2.05 bits per heavy atom. The van der Waals surface area contributed by atoms with Crippen molar-refractivity contribution in [3.63, 3.8) is 0 Å². The highest BCUT2D eigenvalue weighted by Crippen LogP contribution is 2.26. The molecule has 0 bridgehead atoms. The zero-order valence-corrected chi connectivity index (χ0v) is 11.6. The highest BCUT2D eigenvalue weighted by atomic mass is 16.4. The van der Waals surface area contributed by atoms with Crippen molar-refractivity contribution in [3.8, 4) is 0 Å². The molecule has 1 atom stereocenters. The average molecular weight is 272 g/mol. The van der Waals surface area contributed by atoms with E-state index in [2.05, 4.69) is 5.32 Å². The monoisotopic (exact) mass is 272 g/mol. The lowest BCUT2D eigenvalue weighted by atomic mass is 10.0. The lowest BCUT2D eigenvalue weighted by molar-refractivity contribution is 0.525. The van der Waals surface area contributed by atoms with Crippen molar-refractivity contribution >= 4 is 11.1 Å². The first-order valence-electron chi connectivity index (χ1n) is 6.42. The van der Waals surface area contributed by atoms with Crippen LogP contribution in [-0.2, 0) is 7.05 Å². The highest BCUT2D eigenvalue weighted by molar-refractivity contribution is 5.74. The van der Waals surface area contributed by atoms with E-state index in [1.807, 2.05) is 38.2 Å². The molecule has 3 rings (SSSR count). The lowest BCUT2D eigenvalue weighted by Crippen LogP contribution is -2.16. The summed E-state index contributed by atoms with van der Waals surface area (Å²) in [6, 6.07) is 7.77. The number of nitrogens with zero attached hydrogens (tertiary/aromatic N) is 1. The molecule has 0 amide bonds. The molecule has 1 unspecified atom stereocenters. The Morgan fingerprint density at radius 1 is 1.25 bits per heavy atom. The van der Waals surface area contributed by atoms with Gasteiger partial charge in [-0.1, -0.05) is 6.07 Å². The number of fused-ring (bicyclic) bond motifs is 1. The summed E-state index contributed by atoms with van der Waals surface area (Å²) < 4.78 is 12.1. The fourth-order valence-corrected chi connectivity index (χ4v) is 2.47. The van der Waals surface area contributed by atoms with Crippen LogP contribution >= 0.6 is 0 Å². The second-order valence-electron chi connectivity index (χ2n) is 4.87. The first kappa shape index (κ1) is 12.7. The zero-order chi connectivity index (χ0) is 14.3. The minimum absolute atomic E-state index is 0.00218. The minimum Gasteiger partial charge on any atom is -0.469 e. The number of hydrogen-bond donors (Lipinski definition) is 1. The van der Waals surface area contributed by atoms with Crippen LogP contribution in [0.2, 0.25) is 0 Å². The molecule has 104 valence electrons. The molecule has 0 aliphatic heterocycles. The van der Waals surface area contributed by atoms with Gasteiger partial charge in [-0.05, 0) is 37.7 Å². The number of aryl methyl sites for hydroxylation is 2. The Hall–Kier alpha value is -2.27. The van der Waals surface area contributed by atoms with Gasteiger partial charge in [-0.15, -0.1) is 0 Å². The Bertz CT molecular complexity index is 810. The summed E-state index contributed by atoms with van der Waals surface area (Å²) in [5, 5.41) is 3.25. The van der Waals surface area contributed by atoms with Gasteiger partial charge in [0.15, 0.2) is 5.58 Å². The number of furan rings is 1. The van der Waals surface area contributed by atoms with Gasteiger partial charge < -0.3 is 14.2 Å². The summed E-state index contributed by atoms with van der Waals surface area (Å²) in [4.78, 5) is 11.5. The number of oxazole rings is 1. The smallest absolute Gasteiger partial charge is 0.419 e. The van der Waals surface area contributed by atoms with Gasteiger partial charge in [0, 0.05) is 12.6 Å². The van der Waals surface area contributed by atoms with E-state index in [-0.39, 0.29) is 11.8 Å². The minimum atomic E-state index is -0.350. The molecule has 0 saturated heterocycles. The summed E-state index contributed by atoms with van der Waals surface area (Å²) in [6.45, 7) is 1.91. The van der Waals surface area contributed by atoms with Gasteiger partial charge in [0.05, 0.1) is 17.8 Å². The summed E-state index contributed by atoms with van der Waals surface area (Å²) >= 11 is 0. The van der Waals surface area contributed by atoms with Crippen molar-refractivity contribution in [2.24, 2.45) is 7.05 Å². The maximum Gasteiger partial charge on any atom is 0.419 e. The van der Waals surface area contributed by atoms with E-state index < -0.39 is 0 Å². The zero-order valence-electron chi connectivity index (χ0n) is 11.6. The summed E-state index contributed by atoms with van der Waals surface area (Å²) in [5.41, 5.74) is 3.45. The van der Waals surface area contributed by atoms with Gasteiger partial charge in [-0.25, -0.2) is 4.79 Å². The van der Waals surface area contributed by atoms with Crippen LogP contribution in [0.15, 0.2) is 44.2 Å². The van der Waals surface area contributed by atoms with Crippen LogP contribution in [0.3, 0.4) is 0 Å². The lowest BCUT2D eigenvalue weighted by Gasteiger charge is -2.14. The summed E-state index contributed by atoms with van der Waals surface area (Å²) in [7, 11) is 3.58. The van der Waals surface area contributed by atoms with Crippen LogP contribution in [0.5, 0.6) is 0 Å². The van der Waals surface area contributed by atoms with E-state index in [4.69, 9.17) is 8.83 Å². The van der Waals surface area contributed by atoms with E-state index in [1.54, 1.807) is 13.3 Å². The van der Waals surface area contributed by atoms with Crippen LogP contribution < -0.4 is 11.1 Å². The number of hydrogen-bond acceptors (Lipinski definition) is 4. The number of rotatable bonds is 3. The van der Waals surface area contributed by atoms with Crippen LogP contribution in [0.1, 0.15) is 22.9 Å². The molecule has 0 fully saturated rings. The molecule has 2 aromatic heterocycles. The Morgan fingerprint density at radius 3 is 2.70 bits per heavy atom. The summed E-state index contributed by atoms with van der Waals surface area (Å²) in [6.07, 6.45) is 1.74.